The summed E-state index contributed by atoms with van der Waals surface area (Å²) in [5, 5.41) is 2.71. The molecule has 0 saturated carbocycles. The summed E-state index contributed by atoms with van der Waals surface area (Å²) in [4.78, 5) is 53.0. The van der Waals surface area contributed by atoms with E-state index in [1.807, 2.05) is 0 Å². The third-order valence-corrected chi connectivity index (χ3v) is 6.16. The van der Waals surface area contributed by atoms with Crippen LogP contribution in [0.25, 0.3) is 0 Å². The van der Waals surface area contributed by atoms with Crippen molar-refractivity contribution in [1.82, 2.24) is 15.1 Å². The monoisotopic (exact) mass is 445 g/mol. The van der Waals surface area contributed by atoms with Gasteiger partial charge in [0.2, 0.25) is 5.91 Å². The van der Waals surface area contributed by atoms with Crippen molar-refractivity contribution in [2.24, 2.45) is 5.92 Å². The Morgan fingerprint density at radius 2 is 1.84 bits per heavy atom. The van der Waals surface area contributed by atoms with Gasteiger partial charge in [0.1, 0.15) is 25.3 Å². The van der Waals surface area contributed by atoms with Crippen LogP contribution in [0, 0.1) is 5.92 Å². The zero-order chi connectivity index (χ0) is 22.9. The summed E-state index contributed by atoms with van der Waals surface area (Å²) in [6.07, 6.45) is 0.999. The summed E-state index contributed by atoms with van der Waals surface area (Å²) < 4.78 is 16.1. The second-order valence-electron chi connectivity index (χ2n) is 8.21. The van der Waals surface area contributed by atoms with Crippen LogP contribution in [0.3, 0.4) is 0 Å². The molecule has 0 aliphatic carbocycles. The lowest BCUT2D eigenvalue weighted by Crippen LogP contribution is -2.47. The maximum atomic E-state index is 13.2. The molecule has 0 bridgehead atoms. The summed E-state index contributed by atoms with van der Waals surface area (Å²) in [5.74, 6) is -0.219. The Morgan fingerprint density at radius 3 is 2.53 bits per heavy atom. The lowest BCUT2D eigenvalue weighted by Gasteiger charge is -2.31. The van der Waals surface area contributed by atoms with Crippen molar-refractivity contribution in [3.8, 4) is 11.5 Å². The van der Waals surface area contributed by atoms with Gasteiger partial charge in [-0.2, -0.15) is 0 Å². The molecule has 0 aromatic heterocycles. The van der Waals surface area contributed by atoms with Crippen LogP contribution in [0.1, 0.15) is 32.3 Å². The van der Waals surface area contributed by atoms with Crippen LogP contribution in [-0.4, -0.2) is 73.1 Å². The number of urea groups is 1. The topological polar surface area (TPSA) is 114 Å². The Hall–Kier alpha value is -3.30. The SMILES string of the molecule is CCOC(=O)C1CCN(C(=O)CN2C(=O)N[C@@](C)(c3ccc4c(c3)OCCO4)C2=O)CC1. The van der Waals surface area contributed by atoms with E-state index in [0.29, 0.717) is 62.8 Å². The van der Waals surface area contributed by atoms with Gasteiger partial charge in [-0.15, -0.1) is 0 Å². The summed E-state index contributed by atoms with van der Waals surface area (Å²) in [6.45, 7) is 4.95. The number of likely N-dealkylation sites (tertiary alicyclic amines) is 1. The van der Waals surface area contributed by atoms with Gasteiger partial charge in [-0.1, -0.05) is 6.07 Å². The van der Waals surface area contributed by atoms with Crippen LogP contribution in [0.5, 0.6) is 11.5 Å². The summed E-state index contributed by atoms with van der Waals surface area (Å²) in [7, 11) is 0. The number of imide groups is 1. The number of hydrogen-bond donors (Lipinski definition) is 1. The minimum Gasteiger partial charge on any atom is -0.486 e. The van der Waals surface area contributed by atoms with E-state index >= 15 is 0 Å². The Labute approximate surface area is 185 Å². The van der Waals surface area contributed by atoms with E-state index in [1.54, 1.807) is 36.9 Å². The van der Waals surface area contributed by atoms with E-state index in [2.05, 4.69) is 5.32 Å². The van der Waals surface area contributed by atoms with Crippen LogP contribution < -0.4 is 14.8 Å². The molecule has 0 radical (unpaired) electrons. The molecule has 32 heavy (non-hydrogen) atoms. The average Bonchev–Trinajstić information content (AvgIpc) is 3.02. The van der Waals surface area contributed by atoms with E-state index in [1.165, 1.54) is 0 Å². The number of hydrogen-bond acceptors (Lipinski definition) is 7. The highest BCUT2D eigenvalue weighted by molar-refractivity contribution is 6.09. The maximum absolute atomic E-state index is 13.2. The number of fused-ring (bicyclic) bond motifs is 1. The number of amides is 4. The molecular formula is C22H27N3O7. The van der Waals surface area contributed by atoms with Crippen molar-refractivity contribution in [3.05, 3.63) is 23.8 Å². The van der Waals surface area contributed by atoms with Crippen LogP contribution in [0.2, 0.25) is 0 Å². The second-order valence-corrected chi connectivity index (χ2v) is 8.21. The molecule has 4 amide bonds. The molecule has 172 valence electrons. The highest BCUT2D eigenvalue weighted by Crippen LogP contribution is 2.36. The highest BCUT2D eigenvalue weighted by atomic mass is 16.6. The average molecular weight is 445 g/mol. The number of carbonyl (C=O) groups excluding carboxylic acids is 4. The normalized spacial score (nSPS) is 23.2. The van der Waals surface area contributed by atoms with Crippen LogP contribution >= 0.6 is 0 Å². The molecular weight excluding hydrogens is 418 g/mol. The lowest BCUT2D eigenvalue weighted by atomic mass is 9.91. The molecule has 1 N–H and O–H groups in total. The van der Waals surface area contributed by atoms with Crippen molar-refractivity contribution in [3.63, 3.8) is 0 Å². The molecule has 2 saturated heterocycles. The minimum atomic E-state index is -1.32. The summed E-state index contributed by atoms with van der Waals surface area (Å²) >= 11 is 0. The largest absolute Gasteiger partial charge is 0.486 e. The van der Waals surface area contributed by atoms with Gasteiger partial charge in [0.15, 0.2) is 11.5 Å². The van der Waals surface area contributed by atoms with Gasteiger partial charge in [0, 0.05) is 13.1 Å². The van der Waals surface area contributed by atoms with Gasteiger partial charge in [-0.05, 0) is 44.4 Å². The van der Waals surface area contributed by atoms with Crippen molar-refractivity contribution in [2.75, 3.05) is 39.5 Å². The molecule has 3 heterocycles. The molecule has 0 unspecified atom stereocenters. The van der Waals surface area contributed by atoms with E-state index in [-0.39, 0.29) is 24.3 Å². The van der Waals surface area contributed by atoms with Crippen LogP contribution in [0.4, 0.5) is 4.79 Å². The Kier molecular flexibility index (Phi) is 5.94. The van der Waals surface area contributed by atoms with Crippen molar-refractivity contribution < 1.29 is 33.4 Å². The fraction of sp³-hybridized carbons (Fsp3) is 0.545. The Bertz CT molecular complexity index is 941. The zero-order valence-electron chi connectivity index (χ0n) is 18.2. The first-order valence-electron chi connectivity index (χ1n) is 10.8. The lowest BCUT2D eigenvalue weighted by molar-refractivity contribution is -0.151. The fourth-order valence-corrected chi connectivity index (χ4v) is 4.25. The molecule has 3 aliphatic heterocycles. The molecule has 1 aromatic carbocycles. The third kappa shape index (κ3) is 3.96. The smallest absolute Gasteiger partial charge is 0.325 e. The predicted molar refractivity (Wildman–Crippen MR) is 111 cm³/mol. The van der Waals surface area contributed by atoms with E-state index < -0.39 is 17.5 Å². The number of rotatable bonds is 5. The molecule has 2 fully saturated rings. The summed E-state index contributed by atoms with van der Waals surface area (Å²) in [6, 6.07) is 4.47. The number of carbonyl (C=O) groups is 4. The van der Waals surface area contributed by atoms with E-state index in [0.717, 1.165) is 4.90 Å². The van der Waals surface area contributed by atoms with Crippen LogP contribution in [0.15, 0.2) is 18.2 Å². The first-order chi connectivity index (χ1) is 15.3. The van der Waals surface area contributed by atoms with Gasteiger partial charge in [0.05, 0.1) is 12.5 Å². The fourth-order valence-electron chi connectivity index (χ4n) is 4.25. The molecule has 1 atom stereocenters. The standard InChI is InChI=1S/C22H27N3O7/c1-3-30-19(27)14-6-8-24(9-7-14)18(26)13-25-20(28)22(2,23-21(25)29)15-4-5-16-17(12-15)32-11-10-31-16/h4-5,12,14H,3,6-11,13H2,1-2H3,(H,23,29)/t22-/m0/s1. The Morgan fingerprint density at radius 1 is 1.16 bits per heavy atom. The molecule has 3 aliphatic rings. The highest BCUT2D eigenvalue weighted by Gasteiger charge is 2.50. The second kappa shape index (κ2) is 8.68. The first kappa shape index (κ1) is 21.9. The molecule has 0 spiro atoms. The van der Waals surface area contributed by atoms with Gasteiger partial charge >= 0.3 is 12.0 Å². The summed E-state index contributed by atoms with van der Waals surface area (Å²) in [5.41, 5.74) is -0.769. The number of piperidine rings is 1. The number of nitrogens with one attached hydrogen (secondary N) is 1. The minimum absolute atomic E-state index is 0.228. The molecule has 10 nitrogen and oxygen atoms in total. The number of nitrogens with zero attached hydrogens (tertiary/aromatic N) is 2. The first-order valence-corrected chi connectivity index (χ1v) is 10.8. The van der Waals surface area contributed by atoms with Crippen molar-refractivity contribution >= 4 is 23.8 Å². The maximum Gasteiger partial charge on any atom is 0.325 e. The molecule has 1 aromatic rings. The molecule has 4 rings (SSSR count). The predicted octanol–water partition coefficient (Wildman–Crippen LogP) is 1.03. The van der Waals surface area contributed by atoms with E-state index in [4.69, 9.17) is 14.2 Å². The number of ether oxygens (including phenoxy) is 3. The molecule has 10 heteroatoms. The van der Waals surface area contributed by atoms with Crippen LogP contribution in [-0.2, 0) is 24.7 Å². The van der Waals surface area contributed by atoms with Crippen molar-refractivity contribution in [2.45, 2.75) is 32.2 Å². The third-order valence-electron chi connectivity index (χ3n) is 6.16. The zero-order valence-corrected chi connectivity index (χ0v) is 18.2. The van der Waals surface area contributed by atoms with Gasteiger partial charge in [-0.3, -0.25) is 19.3 Å². The van der Waals surface area contributed by atoms with Gasteiger partial charge in [0.25, 0.3) is 5.91 Å². The number of esters is 1. The number of benzene rings is 1. The quantitative estimate of drug-likeness (QED) is 0.532. The Balaban J connectivity index is 1.41. The van der Waals surface area contributed by atoms with E-state index in [9.17, 15) is 19.2 Å². The van der Waals surface area contributed by atoms with Gasteiger partial charge in [-0.25, -0.2) is 4.79 Å². The van der Waals surface area contributed by atoms with Crippen molar-refractivity contribution in [1.29, 1.82) is 0 Å². The van der Waals surface area contributed by atoms with Gasteiger partial charge < -0.3 is 24.4 Å².